The molecule has 0 fully saturated rings. The number of aromatic nitrogens is 3. The fraction of sp³-hybridized carbons (Fsp3) is 0.176. The van der Waals surface area contributed by atoms with Gasteiger partial charge in [-0.25, -0.2) is 4.79 Å². The monoisotopic (exact) mass is 336 g/mol. The number of hydrogen-bond donors (Lipinski definition) is 1. The van der Waals surface area contributed by atoms with Gasteiger partial charge >= 0.3 is 6.03 Å². The molecule has 0 atom stereocenters. The predicted molar refractivity (Wildman–Crippen MR) is 91.0 cm³/mol. The zero-order valence-electron chi connectivity index (χ0n) is 13.6. The van der Waals surface area contributed by atoms with Gasteiger partial charge in [0.15, 0.2) is 18.1 Å². The second-order valence-electron chi connectivity index (χ2n) is 5.30. The Morgan fingerprint density at radius 3 is 2.84 bits per heavy atom. The quantitative estimate of drug-likeness (QED) is 0.771. The Hall–Kier alpha value is -3.60. The maximum atomic E-state index is 12.3. The smallest absolute Gasteiger partial charge is 0.321 e. The van der Waals surface area contributed by atoms with Gasteiger partial charge in [0.1, 0.15) is 11.8 Å². The molecule has 126 valence electrons. The van der Waals surface area contributed by atoms with Gasteiger partial charge in [-0.15, -0.1) is 10.2 Å². The van der Waals surface area contributed by atoms with Crippen LogP contribution in [0, 0.1) is 11.3 Å². The van der Waals surface area contributed by atoms with E-state index in [9.17, 15) is 4.79 Å². The average molecular weight is 336 g/mol. The topological polar surface area (TPSA) is 95.6 Å². The molecule has 0 bridgehead atoms. The number of nitriles is 1. The zero-order chi connectivity index (χ0) is 17.6. The predicted octanol–water partition coefficient (Wildman–Crippen LogP) is 2.30. The first-order chi connectivity index (χ1) is 12.2. The summed E-state index contributed by atoms with van der Waals surface area (Å²) in [6.45, 7) is 0.307. The lowest BCUT2D eigenvalue weighted by atomic mass is 10.3. The van der Waals surface area contributed by atoms with E-state index in [-0.39, 0.29) is 12.6 Å². The number of nitrogens with zero attached hydrogens (tertiary/aromatic N) is 5. The molecule has 0 spiro atoms. The van der Waals surface area contributed by atoms with Gasteiger partial charge in [-0.3, -0.25) is 4.40 Å². The minimum Gasteiger partial charge on any atom is -0.479 e. The number of carbonyl (C=O) groups excluding carboxylic acids is 1. The number of urea groups is 1. The number of amides is 2. The van der Waals surface area contributed by atoms with Crippen molar-refractivity contribution in [3.8, 4) is 11.8 Å². The molecule has 3 aromatic rings. The van der Waals surface area contributed by atoms with E-state index in [2.05, 4.69) is 15.5 Å². The first kappa shape index (κ1) is 16.3. The normalized spacial score (nSPS) is 10.2. The maximum Gasteiger partial charge on any atom is 0.321 e. The van der Waals surface area contributed by atoms with Crippen molar-refractivity contribution in [1.82, 2.24) is 19.5 Å². The molecule has 0 unspecified atom stereocenters. The number of fused-ring (bicyclic) bond motifs is 1. The Morgan fingerprint density at radius 1 is 1.28 bits per heavy atom. The van der Waals surface area contributed by atoms with Crippen LogP contribution in [0.4, 0.5) is 10.5 Å². The highest BCUT2D eigenvalue weighted by Crippen LogP contribution is 2.16. The maximum absolute atomic E-state index is 12.3. The van der Waals surface area contributed by atoms with Crippen molar-refractivity contribution >= 4 is 17.4 Å². The van der Waals surface area contributed by atoms with Gasteiger partial charge in [-0.2, -0.15) is 5.26 Å². The van der Waals surface area contributed by atoms with Crippen molar-refractivity contribution in [2.75, 3.05) is 19.0 Å². The SMILES string of the molecule is CN(Cc1nnc2ccccn12)C(=O)Nc1ccc(OCC#N)cc1. The molecule has 8 heteroatoms. The largest absolute Gasteiger partial charge is 0.479 e. The number of hydrogen-bond acceptors (Lipinski definition) is 5. The summed E-state index contributed by atoms with van der Waals surface area (Å²) in [4.78, 5) is 13.8. The van der Waals surface area contributed by atoms with E-state index in [0.717, 1.165) is 5.65 Å². The van der Waals surface area contributed by atoms with Crippen molar-refractivity contribution in [3.63, 3.8) is 0 Å². The van der Waals surface area contributed by atoms with Gasteiger partial charge in [0, 0.05) is 18.9 Å². The molecule has 0 aliphatic rings. The molecule has 8 nitrogen and oxygen atoms in total. The lowest BCUT2D eigenvalue weighted by molar-refractivity contribution is 0.219. The lowest BCUT2D eigenvalue weighted by Crippen LogP contribution is -2.31. The Balaban J connectivity index is 1.62. The van der Waals surface area contributed by atoms with Crippen molar-refractivity contribution in [2.45, 2.75) is 6.54 Å². The summed E-state index contributed by atoms with van der Waals surface area (Å²) in [5.74, 6) is 1.25. The molecule has 2 amide bonds. The summed E-state index contributed by atoms with van der Waals surface area (Å²) in [6, 6.07) is 14.1. The standard InChI is InChI=1S/C17H16N6O2/c1-22(12-16-21-20-15-4-2-3-10-23(15)16)17(24)19-13-5-7-14(8-6-13)25-11-9-18/h2-8,10H,11-12H2,1H3,(H,19,24). The fourth-order valence-electron chi connectivity index (χ4n) is 2.25. The first-order valence-corrected chi connectivity index (χ1v) is 7.58. The minimum atomic E-state index is -0.265. The lowest BCUT2D eigenvalue weighted by Gasteiger charge is -2.17. The highest BCUT2D eigenvalue weighted by Gasteiger charge is 2.13. The molecular weight excluding hydrogens is 320 g/mol. The van der Waals surface area contributed by atoms with Crippen LogP contribution in [0.3, 0.4) is 0 Å². The Labute approximate surface area is 144 Å². The Bertz CT molecular complexity index is 913. The molecule has 3 rings (SSSR count). The molecule has 0 saturated heterocycles. The number of anilines is 1. The van der Waals surface area contributed by atoms with Gasteiger partial charge in [0.2, 0.25) is 0 Å². The van der Waals surface area contributed by atoms with Crippen LogP contribution in [-0.2, 0) is 6.54 Å². The third kappa shape index (κ3) is 3.84. The molecule has 0 aliphatic carbocycles. The highest BCUT2D eigenvalue weighted by molar-refractivity contribution is 5.89. The van der Waals surface area contributed by atoms with E-state index < -0.39 is 0 Å². The molecule has 1 aromatic carbocycles. The highest BCUT2D eigenvalue weighted by atomic mass is 16.5. The van der Waals surface area contributed by atoms with Crippen LogP contribution >= 0.6 is 0 Å². The van der Waals surface area contributed by atoms with Crippen LogP contribution in [0.1, 0.15) is 5.82 Å². The van der Waals surface area contributed by atoms with Crippen molar-refractivity contribution < 1.29 is 9.53 Å². The Kier molecular flexibility index (Phi) is 4.76. The number of carbonyl (C=O) groups is 1. The van der Waals surface area contributed by atoms with E-state index in [0.29, 0.717) is 23.8 Å². The summed E-state index contributed by atoms with van der Waals surface area (Å²) in [5.41, 5.74) is 1.37. The average Bonchev–Trinajstić information content (AvgIpc) is 3.04. The van der Waals surface area contributed by atoms with Crippen molar-refractivity contribution in [1.29, 1.82) is 5.26 Å². The third-order valence-electron chi connectivity index (χ3n) is 3.52. The number of rotatable bonds is 5. The van der Waals surface area contributed by atoms with E-state index in [1.807, 2.05) is 34.9 Å². The minimum absolute atomic E-state index is 0.0131. The molecule has 25 heavy (non-hydrogen) atoms. The van der Waals surface area contributed by atoms with Gasteiger partial charge in [0.25, 0.3) is 0 Å². The molecule has 0 aliphatic heterocycles. The van der Waals surface area contributed by atoms with Crippen LogP contribution in [0.5, 0.6) is 5.75 Å². The van der Waals surface area contributed by atoms with Gasteiger partial charge < -0.3 is 15.0 Å². The third-order valence-corrected chi connectivity index (χ3v) is 3.52. The van der Waals surface area contributed by atoms with Crippen LogP contribution < -0.4 is 10.1 Å². The second kappa shape index (κ2) is 7.31. The number of nitrogens with one attached hydrogen (secondary N) is 1. The van der Waals surface area contributed by atoms with Gasteiger partial charge in [-0.1, -0.05) is 6.07 Å². The van der Waals surface area contributed by atoms with Gasteiger partial charge in [-0.05, 0) is 36.4 Å². The summed E-state index contributed by atoms with van der Waals surface area (Å²) in [7, 11) is 1.68. The van der Waals surface area contributed by atoms with E-state index >= 15 is 0 Å². The van der Waals surface area contributed by atoms with Crippen LogP contribution in [-0.4, -0.2) is 39.2 Å². The zero-order valence-corrected chi connectivity index (χ0v) is 13.6. The van der Waals surface area contributed by atoms with Crippen LogP contribution in [0.25, 0.3) is 5.65 Å². The number of pyridine rings is 1. The van der Waals surface area contributed by atoms with Crippen molar-refractivity contribution in [3.05, 3.63) is 54.5 Å². The molecule has 2 heterocycles. The number of ether oxygens (including phenoxy) is 1. The molecule has 1 N–H and O–H groups in total. The summed E-state index contributed by atoms with van der Waals surface area (Å²) in [5, 5.41) is 19.5. The number of benzene rings is 1. The second-order valence-corrected chi connectivity index (χ2v) is 5.30. The summed E-state index contributed by atoms with van der Waals surface area (Å²) >= 11 is 0. The van der Waals surface area contributed by atoms with Gasteiger partial charge in [0.05, 0.1) is 6.54 Å². The fourth-order valence-corrected chi connectivity index (χ4v) is 2.25. The summed E-state index contributed by atoms with van der Waals surface area (Å²) < 4.78 is 7.01. The first-order valence-electron chi connectivity index (χ1n) is 7.58. The summed E-state index contributed by atoms with van der Waals surface area (Å²) in [6.07, 6.45) is 1.86. The molecule has 0 radical (unpaired) electrons. The van der Waals surface area contributed by atoms with E-state index in [4.69, 9.17) is 10.00 Å². The molecule has 0 saturated carbocycles. The van der Waals surface area contributed by atoms with E-state index in [1.165, 1.54) is 4.90 Å². The molecule has 2 aromatic heterocycles. The Morgan fingerprint density at radius 2 is 2.08 bits per heavy atom. The van der Waals surface area contributed by atoms with E-state index in [1.54, 1.807) is 31.3 Å². The van der Waals surface area contributed by atoms with Crippen LogP contribution in [0.2, 0.25) is 0 Å². The van der Waals surface area contributed by atoms with Crippen LogP contribution in [0.15, 0.2) is 48.7 Å². The molecular formula is C17H16N6O2. The van der Waals surface area contributed by atoms with Crippen molar-refractivity contribution in [2.24, 2.45) is 0 Å².